The molecule has 0 radical (unpaired) electrons. The number of thiazole rings is 1. The van der Waals surface area contributed by atoms with Crippen molar-refractivity contribution >= 4 is 17.2 Å². The molecule has 3 rings (SSSR count). The second kappa shape index (κ2) is 7.30. The Hall–Kier alpha value is -2.03. The molecule has 1 fully saturated rings. The summed E-state index contributed by atoms with van der Waals surface area (Å²) in [6.07, 6.45) is 3.38. The normalized spacial score (nSPS) is 18.8. The number of hydrazine groups is 1. The van der Waals surface area contributed by atoms with Crippen LogP contribution in [0.4, 0.5) is 0 Å². The van der Waals surface area contributed by atoms with Crippen molar-refractivity contribution in [3.05, 3.63) is 41.1 Å². The molecule has 2 aromatic heterocycles. The first-order valence-electron chi connectivity index (χ1n) is 7.02. The van der Waals surface area contributed by atoms with Gasteiger partial charge in [-0.3, -0.25) is 15.2 Å². The van der Waals surface area contributed by atoms with E-state index in [4.69, 9.17) is 4.74 Å². The van der Waals surface area contributed by atoms with Crippen molar-refractivity contribution in [3.8, 4) is 5.75 Å². The molecule has 1 aliphatic rings. The molecule has 3 heterocycles. The first-order chi connectivity index (χ1) is 10.8. The van der Waals surface area contributed by atoms with Crippen molar-refractivity contribution in [1.82, 2.24) is 25.7 Å². The first-order valence-corrected chi connectivity index (χ1v) is 7.96. The van der Waals surface area contributed by atoms with Crippen molar-refractivity contribution in [2.45, 2.75) is 6.04 Å². The number of rotatable bonds is 5. The molecule has 0 bridgehead atoms. The van der Waals surface area contributed by atoms with Crippen LogP contribution in [0.1, 0.15) is 10.5 Å². The lowest BCUT2D eigenvalue weighted by Crippen LogP contribution is -2.60. The quantitative estimate of drug-likeness (QED) is 0.837. The predicted molar refractivity (Wildman–Crippen MR) is 82.7 cm³/mol. The fraction of sp³-hybridized carbons (Fsp3) is 0.357. The lowest BCUT2D eigenvalue weighted by atomic mass is 10.2. The van der Waals surface area contributed by atoms with Gasteiger partial charge in [-0.2, -0.15) is 0 Å². The summed E-state index contributed by atoms with van der Waals surface area (Å²) in [5, 5.41) is 6.95. The highest BCUT2D eigenvalue weighted by Gasteiger charge is 2.25. The van der Waals surface area contributed by atoms with Gasteiger partial charge in [0.05, 0.1) is 17.7 Å². The van der Waals surface area contributed by atoms with Crippen molar-refractivity contribution in [2.24, 2.45) is 0 Å². The minimum absolute atomic E-state index is 0.0524. The van der Waals surface area contributed by atoms with Gasteiger partial charge < -0.3 is 10.1 Å². The lowest BCUT2D eigenvalue weighted by Gasteiger charge is -2.35. The Morgan fingerprint density at radius 1 is 1.59 bits per heavy atom. The number of piperazine rings is 1. The average molecular weight is 319 g/mol. The van der Waals surface area contributed by atoms with Gasteiger partial charge in [0.2, 0.25) is 0 Å². The number of hydrogen-bond acceptors (Lipinski definition) is 7. The van der Waals surface area contributed by atoms with E-state index >= 15 is 0 Å². The zero-order chi connectivity index (χ0) is 15.2. The largest absolute Gasteiger partial charge is 0.490 e. The highest BCUT2D eigenvalue weighted by molar-refractivity contribution is 7.07. The standard InChI is InChI=1S/C14H17N5O2S/c20-14(13-9-22-10-17-13)18-19-5-4-16-6-11(19)8-21-12-2-1-3-15-7-12/h1-3,7,9-11,16H,4-6,8H2,(H,18,20). The average Bonchev–Trinajstić information content (AvgIpc) is 3.10. The van der Waals surface area contributed by atoms with E-state index in [-0.39, 0.29) is 11.9 Å². The number of aromatic nitrogens is 2. The number of hydrogen-bond donors (Lipinski definition) is 2. The number of nitrogens with zero attached hydrogens (tertiary/aromatic N) is 3. The summed E-state index contributed by atoms with van der Waals surface area (Å²) in [6, 6.07) is 3.74. The summed E-state index contributed by atoms with van der Waals surface area (Å²) >= 11 is 1.40. The van der Waals surface area contributed by atoms with Gasteiger partial charge in [-0.1, -0.05) is 0 Å². The van der Waals surface area contributed by atoms with Gasteiger partial charge in [-0.25, -0.2) is 9.99 Å². The molecule has 1 unspecified atom stereocenters. The van der Waals surface area contributed by atoms with Crippen molar-refractivity contribution in [2.75, 3.05) is 26.2 Å². The number of amides is 1. The van der Waals surface area contributed by atoms with Gasteiger partial charge in [-0.15, -0.1) is 11.3 Å². The van der Waals surface area contributed by atoms with Crippen LogP contribution in [0, 0.1) is 0 Å². The maximum Gasteiger partial charge on any atom is 0.285 e. The van der Waals surface area contributed by atoms with Crippen molar-refractivity contribution < 1.29 is 9.53 Å². The van der Waals surface area contributed by atoms with Crippen LogP contribution >= 0.6 is 11.3 Å². The van der Waals surface area contributed by atoms with Gasteiger partial charge in [0.1, 0.15) is 18.1 Å². The molecule has 1 amide bonds. The van der Waals surface area contributed by atoms with Crippen LogP contribution in [-0.2, 0) is 0 Å². The molecule has 22 heavy (non-hydrogen) atoms. The SMILES string of the molecule is O=C(NN1CCNCC1COc1cccnc1)c1cscn1. The van der Waals surface area contributed by atoms with Gasteiger partial charge in [0, 0.05) is 31.2 Å². The van der Waals surface area contributed by atoms with Gasteiger partial charge in [-0.05, 0) is 12.1 Å². The summed E-state index contributed by atoms with van der Waals surface area (Å²) in [7, 11) is 0. The summed E-state index contributed by atoms with van der Waals surface area (Å²) in [5.41, 5.74) is 5.00. The molecular formula is C14H17N5O2S. The fourth-order valence-electron chi connectivity index (χ4n) is 2.19. The van der Waals surface area contributed by atoms with Gasteiger partial charge in [0.15, 0.2) is 0 Å². The molecule has 7 nitrogen and oxygen atoms in total. The zero-order valence-electron chi connectivity index (χ0n) is 11.9. The fourth-order valence-corrected chi connectivity index (χ4v) is 2.73. The first kappa shape index (κ1) is 14.9. The molecule has 1 aliphatic heterocycles. The van der Waals surface area contributed by atoms with E-state index in [1.54, 1.807) is 23.3 Å². The van der Waals surface area contributed by atoms with E-state index in [2.05, 4.69) is 20.7 Å². The topological polar surface area (TPSA) is 79.4 Å². The number of nitrogens with one attached hydrogen (secondary N) is 2. The summed E-state index contributed by atoms with van der Waals surface area (Å²) in [6.45, 7) is 2.76. The second-order valence-electron chi connectivity index (χ2n) is 4.87. The molecule has 2 N–H and O–H groups in total. The lowest BCUT2D eigenvalue weighted by molar-refractivity contribution is 0.0478. The van der Waals surface area contributed by atoms with Crippen LogP contribution in [0.25, 0.3) is 0 Å². The third-order valence-corrected chi connectivity index (χ3v) is 3.92. The Balaban J connectivity index is 1.57. The predicted octanol–water partition coefficient (Wildman–Crippen LogP) is 0.536. The molecule has 0 aromatic carbocycles. The van der Waals surface area contributed by atoms with E-state index in [1.165, 1.54) is 11.3 Å². The maximum atomic E-state index is 12.1. The molecule has 1 saturated heterocycles. The third-order valence-electron chi connectivity index (χ3n) is 3.34. The van der Waals surface area contributed by atoms with E-state index in [1.807, 2.05) is 17.1 Å². The van der Waals surface area contributed by atoms with E-state index in [0.717, 1.165) is 25.4 Å². The Labute approximate surface area is 132 Å². The minimum Gasteiger partial charge on any atom is -0.490 e. The molecular weight excluding hydrogens is 302 g/mol. The van der Waals surface area contributed by atoms with Gasteiger partial charge >= 0.3 is 0 Å². The minimum atomic E-state index is -0.186. The molecule has 0 saturated carbocycles. The molecule has 0 spiro atoms. The summed E-state index contributed by atoms with van der Waals surface area (Å²) in [5.74, 6) is 0.536. The van der Waals surface area contributed by atoms with Crippen LogP contribution in [-0.4, -0.2) is 53.2 Å². The molecule has 0 aliphatic carbocycles. The zero-order valence-corrected chi connectivity index (χ0v) is 12.8. The smallest absolute Gasteiger partial charge is 0.285 e. The van der Waals surface area contributed by atoms with Crippen molar-refractivity contribution in [1.29, 1.82) is 0 Å². The van der Waals surface area contributed by atoms with E-state index in [9.17, 15) is 4.79 Å². The van der Waals surface area contributed by atoms with Crippen LogP contribution in [0.2, 0.25) is 0 Å². The molecule has 116 valence electrons. The Bertz CT molecular complexity index is 593. The van der Waals surface area contributed by atoms with E-state index in [0.29, 0.717) is 12.3 Å². The molecule has 1 atom stereocenters. The van der Waals surface area contributed by atoms with E-state index < -0.39 is 0 Å². The van der Waals surface area contributed by atoms with Crippen LogP contribution < -0.4 is 15.5 Å². The number of ether oxygens (including phenoxy) is 1. The van der Waals surface area contributed by atoms with Crippen molar-refractivity contribution in [3.63, 3.8) is 0 Å². The number of carbonyl (C=O) groups is 1. The highest BCUT2D eigenvalue weighted by Crippen LogP contribution is 2.09. The monoisotopic (exact) mass is 319 g/mol. The third kappa shape index (κ3) is 3.79. The van der Waals surface area contributed by atoms with Crippen LogP contribution in [0.3, 0.4) is 0 Å². The summed E-state index contributed by atoms with van der Waals surface area (Å²) < 4.78 is 5.74. The maximum absolute atomic E-state index is 12.1. The number of carbonyl (C=O) groups excluding carboxylic acids is 1. The highest BCUT2D eigenvalue weighted by atomic mass is 32.1. The number of pyridine rings is 1. The van der Waals surface area contributed by atoms with Crippen LogP contribution in [0.5, 0.6) is 5.75 Å². The Morgan fingerprint density at radius 3 is 3.32 bits per heavy atom. The Morgan fingerprint density at radius 2 is 2.55 bits per heavy atom. The second-order valence-corrected chi connectivity index (χ2v) is 5.58. The Kier molecular flexibility index (Phi) is 4.94. The van der Waals surface area contributed by atoms with Gasteiger partial charge in [0.25, 0.3) is 5.91 Å². The molecule has 2 aromatic rings. The summed E-state index contributed by atoms with van der Waals surface area (Å²) in [4.78, 5) is 20.2. The molecule has 8 heteroatoms. The van der Waals surface area contributed by atoms with Crippen LogP contribution in [0.15, 0.2) is 35.4 Å².